The molecule has 0 radical (unpaired) electrons. The SMILES string of the molecule is CCOC(=O)c1ccc(NC(=O)CNc2ccc(Cl)cc2S(=O)(=O)c2ccccc2)cc1. The Bertz CT molecular complexity index is 1210. The van der Waals surface area contributed by atoms with Crippen molar-refractivity contribution in [2.75, 3.05) is 23.8 Å². The number of benzene rings is 3. The van der Waals surface area contributed by atoms with Gasteiger partial charge in [-0.05, 0) is 61.5 Å². The fourth-order valence-electron chi connectivity index (χ4n) is 2.88. The second-order valence-electron chi connectivity index (χ2n) is 6.66. The Hall–Kier alpha value is -3.36. The van der Waals surface area contributed by atoms with Gasteiger partial charge in [0.15, 0.2) is 0 Å². The number of halogens is 1. The molecule has 0 spiro atoms. The number of nitrogens with one attached hydrogen (secondary N) is 2. The fraction of sp³-hybridized carbons (Fsp3) is 0.130. The molecular weight excluding hydrogens is 452 g/mol. The van der Waals surface area contributed by atoms with Gasteiger partial charge in [0.2, 0.25) is 15.7 Å². The molecule has 0 bridgehead atoms. The maximum absolute atomic E-state index is 13.0. The van der Waals surface area contributed by atoms with Crippen LogP contribution in [0.15, 0.2) is 82.6 Å². The minimum absolute atomic E-state index is 0.0252. The Kier molecular flexibility index (Phi) is 7.50. The van der Waals surface area contributed by atoms with Crippen molar-refractivity contribution in [3.8, 4) is 0 Å². The molecule has 9 heteroatoms. The zero-order valence-corrected chi connectivity index (χ0v) is 18.7. The van der Waals surface area contributed by atoms with Gasteiger partial charge in [-0.25, -0.2) is 13.2 Å². The molecule has 0 aliphatic carbocycles. The first kappa shape index (κ1) is 23.3. The second-order valence-corrected chi connectivity index (χ2v) is 9.01. The van der Waals surface area contributed by atoms with Crippen LogP contribution in [0.25, 0.3) is 0 Å². The molecule has 32 heavy (non-hydrogen) atoms. The molecule has 0 saturated heterocycles. The smallest absolute Gasteiger partial charge is 0.338 e. The van der Waals surface area contributed by atoms with Crippen LogP contribution in [0.5, 0.6) is 0 Å². The summed E-state index contributed by atoms with van der Waals surface area (Å²) >= 11 is 6.03. The molecule has 3 rings (SSSR count). The summed E-state index contributed by atoms with van der Waals surface area (Å²) in [7, 11) is -3.84. The fourth-order valence-corrected chi connectivity index (χ4v) is 4.59. The van der Waals surface area contributed by atoms with Gasteiger partial charge in [-0.1, -0.05) is 29.8 Å². The van der Waals surface area contributed by atoms with Crippen molar-refractivity contribution in [3.63, 3.8) is 0 Å². The number of sulfone groups is 1. The lowest BCUT2D eigenvalue weighted by atomic mass is 10.2. The van der Waals surface area contributed by atoms with Gasteiger partial charge in [-0.15, -0.1) is 0 Å². The van der Waals surface area contributed by atoms with Gasteiger partial charge < -0.3 is 15.4 Å². The van der Waals surface area contributed by atoms with Crippen molar-refractivity contribution in [1.82, 2.24) is 0 Å². The van der Waals surface area contributed by atoms with Crippen LogP contribution in [0.4, 0.5) is 11.4 Å². The van der Waals surface area contributed by atoms with Gasteiger partial charge in [0.1, 0.15) is 0 Å². The lowest BCUT2D eigenvalue weighted by Crippen LogP contribution is -2.22. The molecule has 0 atom stereocenters. The maximum Gasteiger partial charge on any atom is 0.338 e. The zero-order chi connectivity index (χ0) is 23.1. The van der Waals surface area contributed by atoms with E-state index >= 15 is 0 Å². The quantitative estimate of drug-likeness (QED) is 0.471. The standard InChI is InChI=1S/C23H21ClN2O5S/c1-2-31-23(28)16-8-11-18(12-9-16)26-22(27)15-25-20-13-10-17(24)14-21(20)32(29,30)19-6-4-3-5-7-19/h3-14,25H,2,15H2,1H3,(H,26,27). The summed E-state index contributed by atoms with van der Waals surface area (Å²) in [5.74, 6) is -0.839. The highest BCUT2D eigenvalue weighted by Crippen LogP contribution is 2.30. The van der Waals surface area contributed by atoms with Crippen molar-refractivity contribution in [3.05, 3.63) is 83.4 Å². The van der Waals surface area contributed by atoms with Gasteiger partial charge in [0.05, 0.1) is 34.2 Å². The van der Waals surface area contributed by atoms with E-state index in [9.17, 15) is 18.0 Å². The number of anilines is 2. The zero-order valence-electron chi connectivity index (χ0n) is 17.2. The third-order valence-electron chi connectivity index (χ3n) is 4.41. The first-order valence-electron chi connectivity index (χ1n) is 9.72. The molecule has 166 valence electrons. The second kappa shape index (κ2) is 10.3. The molecule has 3 aromatic rings. The monoisotopic (exact) mass is 472 g/mol. The van der Waals surface area contributed by atoms with E-state index in [1.54, 1.807) is 55.5 Å². The maximum atomic E-state index is 13.0. The Labute approximate surface area is 191 Å². The first-order valence-corrected chi connectivity index (χ1v) is 11.6. The summed E-state index contributed by atoms with van der Waals surface area (Å²) in [4.78, 5) is 24.2. The Morgan fingerprint density at radius 1 is 0.969 bits per heavy atom. The average Bonchev–Trinajstić information content (AvgIpc) is 2.79. The van der Waals surface area contributed by atoms with Crippen LogP contribution < -0.4 is 10.6 Å². The van der Waals surface area contributed by atoms with Crippen LogP contribution in [-0.2, 0) is 19.4 Å². The predicted molar refractivity (Wildman–Crippen MR) is 123 cm³/mol. The number of hydrogen-bond donors (Lipinski definition) is 2. The highest BCUT2D eigenvalue weighted by molar-refractivity contribution is 7.91. The molecular formula is C23H21ClN2O5S. The third-order valence-corrected chi connectivity index (χ3v) is 6.45. The van der Waals surface area contributed by atoms with Crippen molar-refractivity contribution in [1.29, 1.82) is 0 Å². The summed E-state index contributed by atoms with van der Waals surface area (Å²) in [6, 6.07) is 18.6. The molecule has 2 N–H and O–H groups in total. The van der Waals surface area contributed by atoms with E-state index in [1.807, 2.05) is 0 Å². The van der Waals surface area contributed by atoms with Crippen LogP contribution >= 0.6 is 11.6 Å². The molecule has 1 amide bonds. The van der Waals surface area contributed by atoms with E-state index in [1.165, 1.54) is 24.3 Å². The first-order chi connectivity index (χ1) is 15.3. The third kappa shape index (κ3) is 5.66. The van der Waals surface area contributed by atoms with Crippen LogP contribution in [0.1, 0.15) is 17.3 Å². The molecule has 0 aromatic heterocycles. The normalized spacial score (nSPS) is 10.9. The number of rotatable bonds is 8. The van der Waals surface area contributed by atoms with Crippen LogP contribution in [-0.4, -0.2) is 33.4 Å². The summed E-state index contributed by atoms with van der Waals surface area (Å²) in [5, 5.41) is 5.80. The average molecular weight is 473 g/mol. The van der Waals surface area contributed by atoms with E-state index in [0.717, 1.165) is 0 Å². The molecule has 3 aromatic carbocycles. The highest BCUT2D eigenvalue weighted by Gasteiger charge is 2.22. The molecule has 7 nitrogen and oxygen atoms in total. The van der Waals surface area contributed by atoms with Crippen molar-refractivity contribution in [2.24, 2.45) is 0 Å². The molecule has 0 unspecified atom stereocenters. The summed E-state index contributed by atoms with van der Waals surface area (Å²) < 4.78 is 31.0. The summed E-state index contributed by atoms with van der Waals surface area (Å²) in [6.45, 7) is 1.81. The topological polar surface area (TPSA) is 102 Å². The summed E-state index contributed by atoms with van der Waals surface area (Å²) in [5.41, 5.74) is 1.11. The molecule has 0 fully saturated rings. The number of ether oxygens (including phenoxy) is 1. The summed E-state index contributed by atoms with van der Waals surface area (Å²) in [6.07, 6.45) is 0. The number of carbonyl (C=O) groups is 2. The predicted octanol–water partition coefficient (Wildman–Crippen LogP) is 4.40. The minimum atomic E-state index is -3.84. The number of hydrogen-bond acceptors (Lipinski definition) is 6. The van der Waals surface area contributed by atoms with Crippen LogP contribution in [0.2, 0.25) is 5.02 Å². The van der Waals surface area contributed by atoms with Gasteiger partial charge in [-0.3, -0.25) is 4.79 Å². The molecule has 0 aliphatic heterocycles. The Balaban J connectivity index is 1.71. The Morgan fingerprint density at radius 3 is 2.31 bits per heavy atom. The largest absolute Gasteiger partial charge is 0.462 e. The number of amides is 1. The van der Waals surface area contributed by atoms with Gasteiger partial charge in [0.25, 0.3) is 0 Å². The van der Waals surface area contributed by atoms with E-state index in [4.69, 9.17) is 16.3 Å². The molecule has 0 saturated carbocycles. The van der Waals surface area contributed by atoms with Gasteiger partial charge >= 0.3 is 5.97 Å². The highest BCUT2D eigenvalue weighted by atomic mass is 35.5. The van der Waals surface area contributed by atoms with E-state index < -0.39 is 21.7 Å². The van der Waals surface area contributed by atoms with E-state index in [0.29, 0.717) is 11.3 Å². The minimum Gasteiger partial charge on any atom is -0.462 e. The molecule has 0 aliphatic rings. The number of carbonyl (C=O) groups excluding carboxylic acids is 2. The Morgan fingerprint density at radius 2 is 1.66 bits per heavy atom. The molecule has 0 heterocycles. The van der Waals surface area contributed by atoms with Crippen molar-refractivity contribution in [2.45, 2.75) is 16.7 Å². The van der Waals surface area contributed by atoms with Crippen molar-refractivity contribution >= 4 is 44.7 Å². The lowest BCUT2D eigenvalue weighted by molar-refractivity contribution is -0.114. The van der Waals surface area contributed by atoms with E-state index in [-0.39, 0.29) is 33.7 Å². The van der Waals surface area contributed by atoms with Gasteiger partial charge in [0, 0.05) is 10.7 Å². The van der Waals surface area contributed by atoms with Gasteiger partial charge in [-0.2, -0.15) is 0 Å². The number of esters is 1. The van der Waals surface area contributed by atoms with Crippen LogP contribution in [0, 0.1) is 0 Å². The van der Waals surface area contributed by atoms with E-state index in [2.05, 4.69) is 10.6 Å². The van der Waals surface area contributed by atoms with Crippen LogP contribution in [0.3, 0.4) is 0 Å². The van der Waals surface area contributed by atoms with Crippen molar-refractivity contribution < 1.29 is 22.7 Å². The lowest BCUT2D eigenvalue weighted by Gasteiger charge is -2.13.